The fourth-order valence-corrected chi connectivity index (χ4v) is 5.26. The number of amides is 1. The van der Waals surface area contributed by atoms with E-state index >= 15 is 0 Å². The summed E-state index contributed by atoms with van der Waals surface area (Å²) >= 11 is 1.77. The predicted octanol–water partition coefficient (Wildman–Crippen LogP) is 3.98. The maximum Gasteiger partial charge on any atom is 0.228 e. The van der Waals surface area contributed by atoms with Crippen molar-refractivity contribution in [2.24, 2.45) is 5.92 Å². The first-order valence-electron chi connectivity index (χ1n) is 9.53. The average Bonchev–Trinajstić information content (AvgIpc) is 2.74. The molecule has 1 heterocycles. The zero-order chi connectivity index (χ0) is 20.0. The number of benzene rings is 2. The maximum absolute atomic E-state index is 12.6. The van der Waals surface area contributed by atoms with Gasteiger partial charge in [-0.25, -0.2) is 12.7 Å². The Morgan fingerprint density at radius 3 is 2.54 bits per heavy atom. The molecule has 0 radical (unpaired) electrons. The number of rotatable bonds is 7. The molecule has 1 aliphatic heterocycles. The summed E-state index contributed by atoms with van der Waals surface area (Å²) in [5.41, 5.74) is 1.93. The van der Waals surface area contributed by atoms with E-state index in [4.69, 9.17) is 0 Å². The van der Waals surface area contributed by atoms with Crippen molar-refractivity contribution in [2.45, 2.75) is 30.4 Å². The van der Waals surface area contributed by atoms with Crippen molar-refractivity contribution in [1.82, 2.24) is 4.31 Å². The first kappa shape index (κ1) is 20.9. The zero-order valence-corrected chi connectivity index (χ0v) is 17.6. The number of anilines is 1. The van der Waals surface area contributed by atoms with Gasteiger partial charge in [-0.15, -0.1) is 11.8 Å². The number of piperidine rings is 1. The molecule has 0 aliphatic carbocycles. The number of hydrogen-bond acceptors (Lipinski definition) is 4. The molecule has 1 fully saturated rings. The first-order chi connectivity index (χ1) is 13.5. The first-order valence-corrected chi connectivity index (χ1v) is 12.1. The van der Waals surface area contributed by atoms with Crippen LogP contribution in [0.15, 0.2) is 59.5 Å². The van der Waals surface area contributed by atoms with Gasteiger partial charge in [0.2, 0.25) is 15.9 Å². The van der Waals surface area contributed by atoms with Gasteiger partial charge in [-0.1, -0.05) is 30.3 Å². The third kappa shape index (κ3) is 5.59. The van der Waals surface area contributed by atoms with Crippen LogP contribution in [0.3, 0.4) is 0 Å². The molecule has 3 rings (SSSR count). The van der Waals surface area contributed by atoms with E-state index < -0.39 is 10.0 Å². The van der Waals surface area contributed by atoms with E-state index in [9.17, 15) is 13.2 Å². The zero-order valence-electron chi connectivity index (χ0n) is 16.0. The topological polar surface area (TPSA) is 66.5 Å². The van der Waals surface area contributed by atoms with E-state index in [-0.39, 0.29) is 24.1 Å². The lowest BCUT2D eigenvalue weighted by atomic mass is 9.98. The van der Waals surface area contributed by atoms with Crippen LogP contribution >= 0.6 is 11.8 Å². The second kappa shape index (κ2) is 9.58. The highest BCUT2D eigenvalue weighted by Crippen LogP contribution is 2.24. The smallest absolute Gasteiger partial charge is 0.228 e. The summed E-state index contributed by atoms with van der Waals surface area (Å²) in [7, 11) is -3.24. The van der Waals surface area contributed by atoms with Gasteiger partial charge in [0, 0.05) is 29.4 Å². The van der Waals surface area contributed by atoms with Gasteiger partial charge < -0.3 is 5.32 Å². The Labute approximate surface area is 171 Å². The molecular weight excluding hydrogens is 392 g/mol. The largest absolute Gasteiger partial charge is 0.326 e. The van der Waals surface area contributed by atoms with Crippen LogP contribution in [-0.4, -0.2) is 37.5 Å². The van der Waals surface area contributed by atoms with Crippen LogP contribution in [0, 0.1) is 5.92 Å². The molecule has 1 atom stereocenters. The lowest BCUT2D eigenvalue weighted by molar-refractivity contribution is -0.120. The Bertz CT molecular complexity index is 884. The molecule has 5 nitrogen and oxygen atoms in total. The van der Waals surface area contributed by atoms with Crippen molar-refractivity contribution in [3.05, 3.63) is 60.2 Å². The fraction of sp³-hybridized carbons (Fsp3) is 0.381. The minimum absolute atomic E-state index is 0.0732. The normalized spacial score (nSPS) is 18.0. The van der Waals surface area contributed by atoms with Crippen LogP contribution in [0.5, 0.6) is 0 Å². The summed E-state index contributed by atoms with van der Waals surface area (Å²) in [6, 6.07) is 18.1. The second-order valence-electron chi connectivity index (χ2n) is 6.89. The summed E-state index contributed by atoms with van der Waals surface area (Å²) in [4.78, 5) is 13.8. The van der Waals surface area contributed by atoms with Crippen LogP contribution < -0.4 is 5.32 Å². The Kier molecular flexibility index (Phi) is 7.15. The lowest BCUT2D eigenvalue weighted by Gasteiger charge is -2.30. The average molecular weight is 419 g/mol. The summed E-state index contributed by atoms with van der Waals surface area (Å²) in [6.07, 6.45) is 1.43. The van der Waals surface area contributed by atoms with Gasteiger partial charge in [0.15, 0.2) is 0 Å². The van der Waals surface area contributed by atoms with Crippen LogP contribution in [0.25, 0.3) is 0 Å². The molecule has 1 aliphatic rings. The number of thioether (sulfide) groups is 1. The number of carbonyl (C=O) groups is 1. The molecule has 1 saturated heterocycles. The van der Waals surface area contributed by atoms with Crippen molar-refractivity contribution in [3.63, 3.8) is 0 Å². The van der Waals surface area contributed by atoms with E-state index in [1.807, 2.05) is 42.5 Å². The molecule has 2 aromatic carbocycles. The molecular formula is C21H26N2O3S2. The summed E-state index contributed by atoms with van der Waals surface area (Å²) < 4.78 is 25.6. The van der Waals surface area contributed by atoms with Crippen LogP contribution in [0.2, 0.25) is 0 Å². The Balaban J connectivity index is 1.54. The third-order valence-electron chi connectivity index (χ3n) is 4.88. The molecule has 28 heavy (non-hydrogen) atoms. The highest BCUT2D eigenvalue weighted by molar-refractivity contribution is 7.98. The number of hydrogen-bond donors (Lipinski definition) is 1. The minimum Gasteiger partial charge on any atom is -0.326 e. The molecule has 1 N–H and O–H groups in total. The molecule has 0 saturated carbocycles. The molecule has 0 unspecified atom stereocenters. The standard InChI is InChI=1S/C21H26N2O3S2/c1-2-28(25,26)23-14-6-7-18(15-23)21(24)22-19-12-10-17(11-13-19)16-27-20-8-4-3-5-9-20/h3-5,8-13,18H,2,6-7,14-16H2,1H3,(H,22,24)/t18-/m1/s1. The molecule has 2 aromatic rings. The van der Waals surface area contributed by atoms with Crippen molar-refractivity contribution < 1.29 is 13.2 Å². The quantitative estimate of drug-likeness (QED) is 0.691. The Hall–Kier alpha value is -1.83. The summed E-state index contributed by atoms with van der Waals surface area (Å²) in [5.74, 6) is 0.528. The van der Waals surface area contributed by atoms with Crippen LogP contribution in [-0.2, 0) is 20.6 Å². The van der Waals surface area contributed by atoms with Gasteiger partial charge in [-0.3, -0.25) is 4.79 Å². The van der Waals surface area contributed by atoms with Gasteiger partial charge >= 0.3 is 0 Å². The molecule has 150 valence electrons. The van der Waals surface area contributed by atoms with E-state index in [1.54, 1.807) is 18.7 Å². The van der Waals surface area contributed by atoms with Crippen LogP contribution in [0.1, 0.15) is 25.3 Å². The SMILES string of the molecule is CCS(=O)(=O)N1CCC[C@@H](C(=O)Nc2ccc(CSc3ccccc3)cc2)C1. The predicted molar refractivity (Wildman–Crippen MR) is 115 cm³/mol. The number of nitrogens with zero attached hydrogens (tertiary/aromatic N) is 1. The number of nitrogens with one attached hydrogen (secondary N) is 1. The second-order valence-corrected chi connectivity index (χ2v) is 10.2. The van der Waals surface area contributed by atoms with Gasteiger partial charge in [0.25, 0.3) is 0 Å². The van der Waals surface area contributed by atoms with E-state index in [0.29, 0.717) is 19.4 Å². The monoisotopic (exact) mass is 418 g/mol. The molecule has 0 aromatic heterocycles. The molecule has 0 bridgehead atoms. The van der Waals surface area contributed by atoms with Crippen molar-refractivity contribution in [3.8, 4) is 0 Å². The van der Waals surface area contributed by atoms with Gasteiger partial charge in [0.1, 0.15) is 0 Å². The van der Waals surface area contributed by atoms with Gasteiger partial charge in [0.05, 0.1) is 11.7 Å². The van der Waals surface area contributed by atoms with Crippen LogP contribution in [0.4, 0.5) is 5.69 Å². The van der Waals surface area contributed by atoms with Gasteiger partial charge in [-0.05, 0) is 49.6 Å². The van der Waals surface area contributed by atoms with E-state index in [1.165, 1.54) is 14.8 Å². The highest BCUT2D eigenvalue weighted by Gasteiger charge is 2.31. The number of carbonyl (C=O) groups excluding carboxylic acids is 1. The lowest BCUT2D eigenvalue weighted by Crippen LogP contribution is -2.44. The molecule has 7 heteroatoms. The maximum atomic E-state index is 12.6. The van der Waals surface area contributed by atoms with Crippen molar-refractivity contribution in [2.75, 3.05) is 24.2 Å². The summed E-state index contributed by atoms with van der Waals surface area (Å²) in [5, 5.41) is 2.94. The van der Waals surface area contributed by atoms with Crippen molar-refractivity contribution >= 4 is 33.4 Å². The summed E-state index contributed by atoms with van der Waals surface area (Å²) in [6.45, 7) is 2.41. The van der Waals surface area contributed by atoms with E-state index in [2.05, 4.69) is 17.4 Å². The molecule has 1 amide bonds. The Morgan fingerprint density at radius 2 is 1.86 bits per heavy atom. The number of sulfonamides is 1. The Morgan fingerprint density at radius 1 is 1.14 bits per heavy atom. The van der Waals surface area contributed by atoms with Gasteiger partial charge in [-0.2, -0.15) is 0 Å². The third-order valence-corrected chi connectivity index (χ3v) is 7.81. The van der Waals surface area contributed by atoms with E-state index in [0.717, 1.165) is 11.4 Å². The minimum atomic E-state index is -3.24. The van der Waals surface area contributed by atoms with Crippen molar-refractivity contribution in [1.29, 1.82) is 0 Å². The molecule has 0 spiro atoms. The fourth-order valence-electron chi connectivity index (χ4n) is 3.20. The highest BCUT2D eigenvalue weighted by atomic mass is 32.2.